The van der Waals surface area contributed by atoms with Crippen LogP contribution < -0.4 is 9.47 Å². The first-order valence-electron chi connectivity index (χ1n) is 5.26. The third-order valence-corrected chi connectivity index (χ3v) is 2.80. The lowest BCUT2D eigenvalue weighted by molar-refractivity contribution is 0.171. The lowest BCUT2D eigenvalue weighted by Gasteiger charge is -2.19. The van der Waals surface area contributed by atoms with E-state index in [0.717, 1.165) is 24.2 Å². The first-order chi connectivity index (χ1) is 7.81. The van der Waals surface area contributed by atoms with Gasteiger partial charge >= 0.3 is 0 Å². The Morgan fingerprint density at radius 3 is 2.62 bits per heavy atom. The number of ether oxygens (including phenoxy) is 2. The van der Waals surface area contributed by atoms with Crippen molar-refractivity contribution in [1.29, 1.82) is 5.26 Å². The minimum absolute atomic E-state index is 0.546. The molecule has 1 aliphatic heterocycles. The molecule has 0 saturated heterocycles. The maximum absolute atomic E-state index is 8.48. The molecule has 0 unspecified atom stereocenters. The molecule has 0 radical (unpaired) electrons. The second-order valence-electron chi connectivity index (χ2n) is 3.60. The average Bonchev–Trinajstić information content (AvgIpc) is 2.30. The van der Waals surface area contributed by atoms with Gasteiger partial charge in [0.15, 0.2) is 11.5 Å². The summed E-state index contributed by atoms with van der Waals surface area (Å²) in [5.74, 6) is 1.46. The van der Waals surface area contributed by atoms with Gasteiger partial charge < -0.3 is 9.47 Å². The van der Waals surface area contributed by atoms with Crippen molar-refractivity contribution in [3.63, 3.8) is 0 Å². The lowest BCUT2D eigenvalue weighted by atomic mass is 10.1. The van der Waals surface area contributed by atoms with E-state index in [1.807, 2.05) is 6.07 Å². The van der Waals surface area contributed by atoms with E-state index in [2.05, 4.69) is 6.07 Å². The SMILES string of the molecule is N#CCCCc1cc2c(cc1Cl)OCCO2. The lowest BCUT2D eigenvalue weighted by Crippen LogP contribution is -2.15. The number of nitrogens with zero attached hydrogens (tertiary/aromatic N) is 1. The van der Waals surface area contributed by atoms with Crippen molar-refractivity contribution in [2.24, 2.45) is 0 Å². The Hall–Kier alpha value is -1.40. The highest BCUT2D eigenvalue weighted by Gasteiger charge is 2.14. The highest BCUT2D eigenvalue weighted by Crippen LogP contribution is 2.35. The van der Waals surface area contributed by atoms with Gasteiger partial charge in [0.1, 0.15) is 13.2 Å². The van der Waals surface area contributed by atoms with Gasteiger partial charge in [0.25, 0.3) is 0 Å². The predicted molar refractivity (Wildman–Crippen MR) is 61.0 cm³/mol. The molecule has 84 valence electrons. The second kappa shape index (κ2) is 5.09. The van der Waals surface area contributed by atoms with Crippen LogP contribution in [0.25, 0.3) is 0 Å². The van der Waals surface area contributed by atoms with E-state index >= 15 is 0 Å². The maximum atomic E-state index is 8.48. The molecule has 1 aliphatic rings. The summed E-state index contributed by atoms with van der Waals surface area (Å²) in [6, 6.07) is 5.82. The maximum Gasteiger partial charge on any atom is 0.162 e. The zero-order valence-corrected chi connectivity index (χ0v) is 9.59. The molecule has 4 heteroatoms. The quantitative estimate of drug-likeness (QED) is 0.759. The van der Waals surface area contributed by atoms with Crippen molar-refractivity contribution in [3.05, 3.63) is 22.7 Å². The summed E-state index contributed by atoms with van der Waals surface area (Å²) >= 11 is 6.12. The predicted octanol–water partition coefficient (Wildman–Crippen LogP) is 2.96. The highest BCUT2D eigenvalue weighted by atomic mass is 35.5. The summed E-state index contributed by atoms with van der Waals surface area (Å²) in [5, 5.41) is 9.16. The number of fused-ring (bicyclic) bond motifs is 1. The van der Waals surface area contributed by atoms with Crippen LogP contribution in [0.1, 0.15) is 18.4 Å². The van der Waals surface area contributed by atoms with Crippen LogP contribution in [-0.2, 0) is 6.42 Å². The van der Waals surface area contributed by atoms with Crippen molar-refractivity contribution < 1.29 is 9.47 Å². The number of hydrogen-bond donors (Lipinski definition) is 0. The minimum Gasteiger partial charge on any atom is -0.486 e. The van der Waals surface area contributed by atoms with E-state index in [4.69, 9.17) is 26.3 Å². The Labute approximate surface area is 99.5 Å². The van der Waals surface area contributed by atoms with E-state index in [1.165, 1.54) is 0 Å². The number of hydrogen-bond acceptors (Lipinski definition) is 3. The van der Waals surface area contributed by atoms with Crippen molar-refractivity contribution >= 4 is 11.6 Å². The zero-order valence-electron chi connectivity index (χ0n) is 8.83. The Kier molecular flexibility index (Phi) is 3.53. The summed E-state index contributed by atoms with van der Waals surface area (Å²) in [5.41, 5.74) is 1.01. The van der Waals surface area contributed by atoms with Crippen LogP contribution in [0.15, 0.2) is 12.1 Å². The smallest absolute Gasteiger partial charge is 0.162 e. The highest BCUT2D eigenvalue weighted by molar-refractivity contribution is 6.31. The number of unbranched alkanes of at least 4 members (excludes halogenated alkanes) is 1. The number of aryl methyl sites for hydroxylation is 1. The van der Waals surface area contributed by atoms with Crippen molar-refractivity contribution in [2.45, 2.75) is 19.3 Å². The fraction of sp³-hybridized carbons (Fsp3) is 0.417. The van der Waals surface area contributed by atoms with Crippen LogP contribution in [0.2, 0.25) is 5.02 Å². The molecule has 0 saturated carbocycles. The van der Waals surface area contributed by atoms with Gasteiger partial charge in [-0.3, -0.25) is 0 Å². The fourth-order valence-corrected chi connectivity index (χ4v) is 1.90. The average molecular weight is 238 g/mol. The van der Waals surface area contributed by atoms with E-state index in [0.29, 0.717) is 30.4 Å². The third-order valence-electron chi connectivity index (χ3n) is 2.45. The Bertz CT molecular complexity index is 426. The monoisotopic (exact) mass is 237 g/mol. The molecule has 3 nitrogen and oxygen atoms in total. The molecule has 0 aliphatic carbocycles. The third kappa shape index (κ3) is 2.40. The first kappa shape index (κ1) is 11.1. The van der Waals surface area contributed by atoms with Crippen LogP contribution in [0.3, 0.4) is 0 Å². The summed E-state index contributed by atoms with van der Waals surface area (Å²) in [4.78, 5) is 0. The largest absolute Gasteiger partial charge is 0.486 e. The van der Waals surface area contributed by atoms with Gasteiger partial charge in [-0.2, -0.15) is 5.26 Å². The van der Waals surface area contributed by atoms with Crippen molar-refractivity contribution in [1.82, 2.24) is 0 Å². The number of halogens is 1. The van der Waals surface area contributed by atoms with Gasteiger partial charge in [-0.1, -0.05) is 11.6 Å². The molecule has 1 heterocycles. The van der Waals surface area contributed by atoms with E-state index in [-0.39, 0.29) is 0 Å². The molecule has 0 bridgehead atoms. The Balaban J connectivity index is 2.16. The first-order valence-corrected chi connectivity index (χ1v) is 5.64. The molecule has 0 amide bonds. The molecule has 0 atom stereocenters. The topological polar surface area (TPSA) is 42.2 Å². The van der Waals surface area contributed by atoms with E-state index in [1.54, 1.807) is 6.07 Å². The zero-order chi connectivity index (χ0) is 11.4. The minimum atomic E-state index is 0.546. The van der Waals surface area contributed by atoms with Crippen LogP contribution in [-0.4, -0.2) is 13.2 Å². The van der Waals surface area contributed by atoms with E-state index in [9.17, 15) is 0 Å². The molecule has 0 N–H and O–H groups in total. The van der Waals surface area contributed by atoms with Gasteiger partial charge in [-0.05, 0) is 24.5 Å². The molecule has 0 aromatic heterocycles. The molecular formula is C12H12ClNO2. The number of rotatable bonds is 3. The van der Waals surface area contributed by atoms with Crippen LogP contribution >= 0.6 is 11.6 Å². The van der Waals surface area contributed by atoms with E-state index < -0.39 is 0 Å². The number of nitriles is 1. The van der Waals surface area contributed by atoms with Gasteiger partial charge in [0.2, 0.25) is 0 Å². The van der Waals surface area contributed by atoms with Crippen LogP contribution in [0.5, 0.6) is 11.5 Å². The molecule has 1 aromatic carbocycles. The molecule has 2 rings (SSSR count). The summed E-state index contributed by atoms with van der Waals surface area (Å²) < 4.78 is 10.9. The molecular weight excluding hydrogens is 226 g/mol. The van der Waals surface area contributed by atoms with Gasteiger partial charge in [-0.15, -0.1) is 0 Å². The Morgan fingerprint density at radius 2 is 1.94 bits per heavy atom. The second-order valence-corrected chi connectivity index (χ2v) is 4.01. The number of benzene rings is 1. The Morgan fingerprint density at radius 1 is 1.25 bits per heavy atom. The van der Waals surface area contributed by atoms with Gasteiger partial charge in [0.05, 0.1) is 6.07 Å². The van der Waals surface area contributed by atoms with Crippen molar-refractivity contribution in [3.8, 4) is 17.6 Å². The summed E-state index contributed by atoms with van der Waals surface area (Å²) in [6.45, 7) is 1.14. The van der Waals surface area contributed by atoms with Gasteiger partial charge in [-0.25, -0.2) is 0 Å². The molecule has 16 heavy (non-hydrogen) atoms. The standard InChI is InChI=1S/C12H12ClNO2/c13-10-8-12-11(15-5-6-16-12)7-9(10)3-1-2-4-14/h7-8H,1-3,5-6H2. The summed E-state index contributed by atoms with van der Waals surface area (Å²) in [7, 11) is 0. The van der Waals surface area contributed by atoms with Gasteiger partial charge in [0, 0.05) is 17.5 Å². The van der Waals surface area contributed by atoms with Crippen LogP contribution in [0, 0.1) is 11.3 Å². The molecule has 1 aromatic rings. The molecule has 0 fully saturated rings. The fourth-order valence-electron chi connectivity index (χ4n) is 1.66. The summed E-state index contributed by atoms with van der Waals surface area (Å²) in [6.07, 6.45) is 2.16. The van der Waals surface area contributed by atoms with Crippen molar-refractivity contribution in [2.75, 3.05) is 13.2 Å². The normalized spacial score (nSPS) is 13.2. The van der Waals surface area contributed by atoms with Crippen LogP contribution in [0.4, 0.5) is 0 Å². The molecule has 0 spiro atoms.